The lowest BCUT2D eigenvalue weighted by Gasteiger charge is -2.23. The molecule has 198 valence electrons. The lowest BCUT2D eigenvalue weighted by molar-refractivity contribution is -0.254. The highest BCUT2D eigenvalue weighted by atomic mass is 16.5. The van der Waals surface area contributed by atoms with Crippen LogP contribution in [0.5, 0.6) is 0 Å². The molecule has 7 heteroatoms. The summed E-state index contributed by atoms with van der Waals surface area (Å²) in [7, 11) is 0. The molecular formula is C31H34N2O5. The number of anilines is 1. The second-order valence-corrected chi connectivity index (χ2v) is 8.95. The van der Waals surface area contributed by atoms with Crippen molar-refractivity contribution in [1.82, 2.24) is 4.58 Å². The van der Waals surface area contributed by atoms with Gasteiger partial charge in [-0.05, 0) is 70.5 Å². The van der Waals surface area contributed by atoms with Gasteiger partial charge in [0.05, 0.1) is 24.2 Å². The Morgan fingerprint density at radius 2 is 1.61 bits per heavy atom. The van der Waals surface area contributed by atoms with E-state index in [1.54, 1.807) is 19.1 Å². The van der Waals surface area contributed by atoms with Gasteiger partial charge in [0.25, 0.3) is 0 Å². The van der Waals surface area contributed by atoms with Gasteiger partial charge in [-0.25, -0.2) is 9.37 Å². The molecule has 0 unspecified atom stereocenters. The fraction of sp³-hybridized carbons (Fsp3) is 0.323. The maximum Gasteiger partial charge on any atom is 0.338 e. The Hall–Kier alpha value is -4.13. The predicted octanol–water partition coefficient (Wildman–Crippen LogP) is 4.40. The van der Waals surface area contributed by atoms with Crippen molar-refractivity contribution < 1.29 is 23.8 Å². The molecule has 0 fully saturated rings. The second kappa shape index (κ2) is 11.5. The van der Waals surface area contributed by atoms with Gasteiger partial charge < -0.3 is 24.0 Å². The highest BCUT2D eigenvalue weighted by Crippen LogP contribution is 2.42. The molecule has 0 saturated heterocycles. The summed E-state index contributed by atoms with van der Waals surface area (Å²) in [4.78, 5) is 26.9. The SMILES string of the molecule is CCOC(=O)c1ccc(-c2c3ccc(=[N+](CC)CC)cc-3oc3cc(N(CC)CC)ccc23)c(C(=O)[O-])c1. The summed E-state index contributed by atoms with van der Waals surface area (Å²) >= 11 is 0. The fourth-order valence-electron chi connectivity index (χ4n) is 5.00. The van der Waals surface area contributed by atoms with E-state index < -0.39 is 11.9 Å². The number of rotatable bonds is 9. The summed E-state index contributed by atoms with van der Waals surface area (Å²) in [6, 6.07) is 16.6. The first-order valence-corrected chi connectivity index (χ1v) is 13.2. The summed E-state index contributed by atoms with van der Waals surface area (Å²) in [5.41, 5.74) is 3.70. The standard InChI is InChI=1S/C31H34N2O5/c1-6-32(7-2)21-12-15-24-27(18-21)38-28-19-22(33(8-3)9-4)13-16-25(28)29(24)23-14-11-20(31(36)37-10-5)17-26(23)30(34)35/h11-19H,6-10H2,1-5H3. The summed E-state index contributed by atoms with van der Waals surface area (Å²) in [6.07, 6.45) is 0. The number of carboxylic acids is 1. The Labute approximate surface area is 222 Å². The average molecular weight is 515 g/mol. The molecule has 1 heterocycles. The Kier molecular flexibility index (Phi) is 8.15. The number of aromatic carboxylic acids is 1. The molecule has 38 heavy (non-hydrogen) atoms. The number of hydrogen-bond acceptors (Lipinski definition) is 6. The van der Waals surface area contributed by atoms with Gasteiger partial charge in [0, 0.05) is 53.0 Å². The van der Waals surface area contributed by atoms with E-state index in [1.807, 2.05) is 36.4 Å². The number of ether oxygens (including phenoxy) is 1. The normalized spacial score (nSPS) is 11.1. The third kappa shape index (κ3) is 5.01. The van der Waals surface area contributed by atoms with Gasteiger partial charge >= 0.3 is 5.97 Å². The molecule has 4 rings (SSSR count). The molecule has 7 nitrogen and oxygen atoms in total. The van der Waals surface area contributed by atoms with Crippen LogP contribution in [0.3, 0.4) is 0 Å². The van der Waals surface area contributed by atoms with Crippen LogP contribution in [-0.2, 0) is 4.74 Å². The lowest BCUT2D eigenvalue weighted by Crippen LogP contribution is -2.29. The van der Waals surface area contributed by atoms with E-state index in [4.69, 9.17) is 9.15 Å². The Morgan fingerprint density at radius 3 is 2.24 bits per heavy atom. The van der Waals surface area contributed by atoms with E-state index in [2.05, 4.69) is 37.2 Å². The van der Waals surface area contributed by atoms with E-state index in [0.717, 1.165) is 48.2 Å². The maximum absolute atomic E-state index is 12.3. The van der Waals surface area contributed by atoms with Gasteiger partial charge in [-0.15, -0.1) is 0 Å². The van der Waals surface area contributed by atoms with Gasteiger partial charge in [-0.1, -0.05) is 6.07 Å². The van der Waals surface area contributed by atoms with Crippen LogP contribution in [0.15, 0.2) is 59.0 Å². The van der Waals surface area contributed by atoms with Gasteiger partial charge in [-0.2, -0.15) is 0 Å². The van der Waals surface area contributed by atoms with Crippen molar-refractivity contribution in [2.45, 2.75) is 34.6 Å². The largest absolute Gasteiger partial charge is 0.545 e. The van der Waals surface area contributed by atoms with Crippen molar-refractivity contribution in [3.05, 3.63) is 71.1 Å². The molecule has 0 N–H and O–H groups in total. The summed E-state index contributed by atoms with van der Waals surface area (Å²) in [6.45, 7) is 13.7. The topological polar surface area (TPSA) is 85.8 Å². The summed E-state index contributed by atoms with van der Waals surface area (Å²) in [5, 5.41) is 14.1. The monoisotopic (exact) mass is 514 g/mol. The minimum Gasteiger partial charge on any atom is -0.545 e. The Bertz CT molecular complexity index is 1530. The van der Waals surface area contributed by atoms with Crippen molar-refractivity contribution in [3.8, 4) is 22.5 Å². The molecule has 2 aromatic carbocycles. The highest BCUT2D eigenvalue weighted by Gasteiger charge is 2.22. The minimum atomic E-state index is -1.37. The third-order valence-corrected chi connectivity index (χ3v) is 6.97. The molecule has 0 atom stereocenters. The van der Waals surface area contributed by atoms with E-state index in [9.17, 15) is 14.7 Å². The third-order valence-electron chi connectivity index (χ3n) is 6.97. The van der Waals surface area contributed by atoms with Gasteiger partial charge in [0.1, 0.15) is 24.4 Å². The first-order valence-electron chi connectivity index (χ1n) is 13.2. The van der Waals surface area contributed by atoms with E-state index >= 15 is 0 Å². The zero-order chi connectivity index (χ0) is 27.4. The number of carbonyl (C=O) groups is 2. The molecule has 2 aromatic rings. The van der Waals surface area contributed by atoms with Crippen LogP contribution in [-0.4, -0.2) is 44.7 Å². The number of benzene rings is 3. The molecule has 0 saturated carbocycles. The molecular weight excluding hydrogens is 480 g/mol. The van der Waals surface area contributed by atoms with Crippen LogP contribution in [0.1, 0.15) is 55.3 Å². The second-order valence-electron chi connectivity index (χ2n) is 8.95. The lowest BCUT2D eigenvalue weighted by atomic mass is 9.89. The van der Waals surface area contributed by atoms with Crippen LogP contribution >= 0.6 is 0 Å². The van der Waals surface area contributed by atoms with Gasteiger partial charge in [-0.3, -0.25) is 0 Å². The number of carboxylic acid groups (broad SMARTS) is 1. The van der Waals surface area contributed by atoms with Crippen molar-refractivity contribution in [1.29, 1.82) is 0 Å². The van der Waals surface area contributed by atoms with E-state index in [1.165, 1.54) is 6.07 Å². The van der Waals surface area contributed by atoms with Crippen LogP contribution < -0.4 is 19.9 Å². The maximum atomic E-state index is 12.3. The zero-order valence-corrected chi connectivity index (χ0v) is 22.7. The number of nitrogens with zero attached hydrogens (tertiary/aromatic N) is 2. The van der Waals surface area contributed by atoms with Crippen molar-refractivity contribution >= 4 is 28.6 Å². The van der Waals surface area contributed by atoms with Crippen LogP contribution in [0, 0.1) is 0 Å². The predicted molar refractivity (Wildman–Crippen MR) is 148 cm³/mol. The Morgan fingerprint density at radius 1 is 0.895 bits per heavy atom. The number of hydrogen-bond donors (Lipinski definition) is 0. The highest BCUT2D eigenvalue weighted by molar-refractivity contribution is 6.08. The molecule has 0 amide bonds. The molecule has 2 aliphatic rings. The molecule has 1 aliphatic carbocycles. The van der Waals surface area contributed by atoms with Gasteiger partial charge in [0.15, 0.2) is 0 Å². The summed E-state index contributed by atoms with van der Waals surface area (Å²) < 4.78 is 13.8. The number of carbonyl (C=O) groups excluding carboxylic acids is 2. The smallest absolute Gasteiger partial charge is 0.338 e. The van der Waals surface area contributed by atoms with Crippen LogP contribution in [0.4, 0.5) is 5.69 Å². The summed E-state index contributed by atoms with van der Waals surface area (Å²) in [5.74, 6) is -1.30. The van der Waals surface area contributed by atoms with E-state index in [0.29, 0.717) is 22.5 Å². The van der Waals surface area contributed by atoms with Crippen LogP contribution in [0.2, 0.25) is 0 Å². The number of fused-ring (bicyclic) bond motifs is 2. The molecule has 1 aliphatic heterocycles. The molecule has 0 aromatic heterocycles. The van der Waals surface area contributed by atoms with Gasteiger partial charge in [0.2, 0.25) is 5.36 Å². The Balaban J connectivity index is 2.10. The van der Waals surface area contributed by atoms with Crippen LogP contribution in [0.25, 0.3) is 33.4 Å². The average Bonchev–Trinajstić information content (AvgIpc) is 2.92. The zero-order valence-electron chi connectivity index (χ0n) is 22.7. The molecule has 0 bridgehead atoms. The first-order chi connectivity index (χ1) is 18.4. The van der Waals surface area contributed by atoms with Crippen molar-refractivity contribution in [2.75, 3.05) is 37.7 Å². The fourth-order valence-corrected chi connectivity index (χ4v) is 5.00. The first kappa shape index (κ1) is 26.9. The van der Waals surface area contributed by atoms with Crippen molar-refractivity contribution in [2.24, 2.45) is 0 Å². The van der Waals surface area contributed by atoms with E-state index in [-0.39, 0.29) is 17.7 Å². The molecule has 0 radical (unpaired) electrons. The minimum absolute atomic E-state index is 0.0787. The number of esters is 1. The molecule has 0 spiro atoms. The van der Waals surface area contributed by atoms with Crippen molar-refractivity contribution in [3.63, 3.8) is 0 Å². The quantitative estimate of drug-likeness (QED) is 0.187.